The summed E-state index contributed by atoms with van der Waals surface area (Å²) in [5, 5.41) is 17.6. The van der Waals surface area contributed by atoms with Crippen molar-refractivity contribution in [2.75, 3.05) is 0 Å². The molecule has 0 bridgehead atoms. The highest BCUT2D eigenvalue weighted by atomic mass is 19.1. The average Bonchev–Trinajstić information content (AvgIpc) is 3.29. The molecule has 8 nitrogen and oxygen atoms in total. The van der Waals surface area contributed by atoms with Crippen LogP contribution in [0.15, 0.2) is 71.3 Å². The molecule has 1 atom stereocenters. The highest BCUT2D eigenvalue weighted by molar-refractivity contribution is 5.94. The van der Waals surface area contributed by atoms with E-state index < -0.39 is 17.6 Å². The first-order valence-corrected chi connectivity index (χ1v) is 10.3. The summed E-state index contributed by atoms with van der Waals surface area (Å²) in [7, 11) is 0. The number of rotatable bonds is 8. The average molecular weight is 448 g/mol. The molecular formula is C24H21FN4O4. The molecular weight excluding hydrogens is 427 g/mol. The van der Waals surface area contributed by atoms with Crippen molar-refractivity contribution in [1.82, 2.24) is 20.9 Å². The van der Waals surface area contributed by atoms with Crippen molar-refractivity contribution in [3.8, 4) is 0 Å². The van der Waals surface area contributed by atoms with Gasteiger partial charge in [0.25, 0.3) is 5.91 Å². The fourth-order valence-corrected chi connectivity index (χ4v) is 3.56. The minimum Gasteiger partial charge on any atom is -0.345 e. The number of carbonyl (C=O) groups excluding carboxylic acids is 2. The van der Waals surface area contributed by atoms with Crippen molar-refractivity contribution in [2.45, 2.75) is 25.3 Å². The van der Waals surface area contributed by atoms with Crippen molar-refractivity contribution in [1.29, 1.82) is 0 Å². The van der Waals surface area contributed by atoms with E-state index >= 15 is 0 Å². The lowest BCUT2D eigenvalue weighted by Gasteiger charge is -2.15. The highest BCUT2D eigenvalue weighted by Gasteiger charge is 2.21. The molecule has 33 heavy (non-hydrogen) atoms. The minimum atomic E-state index is -0.528. The number of halogens is 1. The topological polar surface area (TPSA) is 117 Å². The monoisotopic (exact) mass is 448 g/mol. The number of hydrogen-bond acceptors (Lipinski definition) is 6. The molecule has 0 aliphatic carbocycles. The molecule has 3 aromatic carbocycles. The predicted octanol–water partition coefficient (Wildman–Crippen LogP) is 3.51. The molecule has 0 aliphatic rings. The molecule has 9 heteroatoms. The Hall–Kier alpha value is -4.11. The fraction of sp³-hybridized carbons (Fsp3) is 0.167. The van der Waals surface area contributed by atoms with E-state index in [2.05, 4.69) is 15.5 Å². The Bertz CT molecular complexity index is 1270. The second kappa shape index (κ2) is 10.0. The largest absolute Gasteiger partial charge is 0.345 e. The quantitative estimate of drug-likeness (QED) is 0.281. The van der Waals surface area contributed by atoms with Gasteiger partial charge in [0.15, 0.2) is 5.82 Å². The lowest BCUT2D eigenvalue weighted by atomic mass is 9.90. The summed E-state index contributed by atoms with van der Waals surface area (Å²) in [6.07, 6.45) is 0.290. The normalized spacial score (nSPS) is 11.8. The number of fused-ring (bicyclic) bond motifs is 1. The van der Waals surface area contributed by atoms with Crippen molar-refractivity contribution in [2.24, 2.45) is 0 Å². The van der Waals surface area contributed by atoms with Crippen molar-refractivity contribution < 1.29 is 23.7 Å². The van der Waals surface area contributed by atoms with Crippen LogP contribution in [-0.4, -0.2) is 27.2 Å². The molecule has 0 spiro atoms. The molecule has 4 aromatic rings. The van der Waals surface area contributed by atoms with E-state index in [4.69, 9.17) is 9.73 Å². The summed E-state index contributed by atoms with van der Waals surface area (Å²) >= 11 is 0. The number of amides is 2. The zero-order valence-corrected chi connectivity index (χ0v) is 17.5. The number of hydrogen-bond donors (Lipinski definition) is 3. The Labute approximate surface area is 188 Å². The van der Waals surface area contributed by atoms with E-state index in [1.54, 1.807) is 5.48 Å². The number of benzene rings is 3. The Morgan fingerprint density at radius 2 is 1.79 bits per heavy atom. The van der Waals surface area contributed by atoms with E-state index in [0.29, 0.717) is 11.5 Å². The Morgan fingerprint density at radius 3 is 2.55 bits per heavy atom. The van der Waals surface area contributed by atoms with Crippen LogP contribution in [0.25, 0.3) is 10.8 Å². The van der Waals surface area contributed by atoms with Gasteiger partial charge in [-0.25, -0.2) is 9.87 Å². The van der Waals surface area contributed by atoms with E-state index in [9.17, 15) is 14.0 Å². The van der Waals surface area contributed by atoms with Gasteiger partial charge in [-0.1, -0.05) is 47.6 Å². The molecule has 0 fully saturated rings. The smallest absolute Gasteiger partial charge is 0.251 e. The van der Waals surface area contributed by atoms with Gasteiger partial charge in [0.2, 0.25) is 11.8 Å². The molecule has 2 amide bonds. The Balaban J connectivity index is 1.45. The molecule has 0 saturated heterocycles. The molecule has 0 radical (unpaired) electrons. The van der Waals surface area contributed by atoms with Crippen LogP contribution in [0.3, 0.4) is 0 Å². The van der Waals surface area contributed by atoms with Gasteiger partial charge >= 0.3 is 0 Å². The highest BCUT2D eigenvalue weighted by Crippen LogP contribution is 2.27. The number of nitrogens with zero attached hydrogens (tertiary/aromatic N) is 2. The summed E-state index contributed by atoms with van der Waals surface area (Å²) in [5.74, 6) is -1.10. The standard InChI is InChI=1S/C24H21FN4O4/c25-20-9-7-16(8-10-20)24(31)26-14-21-27-23(33-29-21)13-19(12-22(30)28-32)18-6-5-15-3-1-2-4-17(15)11-18/h1-11,19,32H,12-14H2,(H,26,31)(H,28,30)/t19-/m1/s1. The number of hydroxylamine groups is 1. The van der Waals surface area contributed by atoms with Gasteiger partial charge in [-0.05, 0) is 40.6 Å². The summed E-state index contributed by atoms with van der Waals surface area (Å²) in [5.41, 5.74) is 2.87. The minimum absolute atomic E-state index is 0.0217. The lowest BCUT2D eigenvalue weighted by Crippen LogP contribution is -2.23. The second-order valence-corrected chi connectivity index (χ2v) is 7.54. The van der Waals surface area contributed by atoms with Crippen molar-refractivity contribution in [3.05, 3.63) is 95.4 Å². The summed E-state index contributed by atoms with van der Waals surface area (Å²) in [6.45, 7) is 0.0253. The van der Waals surface area contributed by atoms with Gasteiger partial charge in [-0.2, -0.15) is 4.98 Å². The van der Waals surface area contributed by atoms with Crippen molar-refractivity contribution >= 4 is 22.6 Å². The van der Waals surface area contributed by atoms with Gasteiger partial charge in [-0.15, -0.1) is 0 Å². The molecule has 1 heterocycles. The van der Waals surface area contributed by atoms with Crippen LogP contribution < -0.4 is 10.8 Å². The van der Waals surface area contributed by atoms with Gasteiger partial charge in [0.1, 0.15) is 5.82 Å². The van der Waals surface area contributed by atoms with E-state index in [1.807, 2.05) is 42.5 Å². The first-order chi connectivity index (χ1) is 16.0. The van der Waals surface area contributed by atoms with Gasteiger partial charge in [-0.3, -0.25) is 14.8 Å². The van der Waals surface area contributed by atoms with Gasteiger partial charge in [0, 0.05) is 24.3 Å². The molecule has 168 valence electrons. The summed E-state index contributed by atoms with van der Waals surface area (Å²) < 4.78 is 18.3. The van der Waals surface area contributed by atoms with Crippen LogP contribution in [0.5, 0.6) is 0 Å². The van der Waals surface area contributed by atoms with Crippen LogP contribution in [0.1, 0.15) is 40.0 Å². The first kappa shape index (κ1) is 22.1. The summed E-state index contributed by atoms with van der Waals surface area (Å²) in [4.78, 5) is 28.4. The molecule has 4 rings (SSSR count). The van der Waals surface area contributed by atoms with E-state index in [0.717, 1.165) is 16.3 Å². The van der Waals surface area contributed by atoms with Gasteiger partial charge in [0.05, 0.1) is 6.54 Å². The third kappa shape index (κ3) is 5.58. The predicted molar refractivity (Wildman–Crippen MR) is 117 cm³/mol. The van der Waals surface area contributed by atoms with Crippen LogP contribution in [0.4, 0.5) is 4.39 Å². The fourth-order valence-electron chi connectivity index (χ4n) is 3.56. The van der Waals surface area contributed by atoms with Crippen LogP contribution >= 0.6 is 0 Å². The van der Waals surface area contributed by atoms with Crippen LogP contribution in [0, 0.1) is 5.82 Å². The maximum absolute atomic E-state index is 13.0. The van der Waals surface area contributed by atoms with Gasteiger partial charge < -0.3 is 9.84 Å². The Morgan fingerprint density at radius 1 is 1.03 bits per heavy atom. The number of nitrogens with one attached hydrogen (secondary N) is 2. The van der Waals surface area contributed by atoms with Crippen molar-refractivity contribution in [3.63, 3.8) is 0 Å². The third-order valence-corrected chi connectivity index (χ3v) is 5.25. The molecule has 0 aliphatic heterocycles. The van der Waals surface area contributed by atoms with E-state index in [1.165, 1.54) is 24.3 Å². The SMILES string of the molecule is O=C(C[C@H](Cc1nc(CNC(=O)c2ccc(F)cc2)no1)c1ccc2ccccc2c1)NO. The zero-order valence-electron chi connectivity index (χ0n) is 17.5. The first-order valence-electron chi connectivity index (χ1n) is 10.3. The summed E-state index contributed by atoms with van der Waals surface area (Å²) in [6, 6.07) is 18.9. The van der Waals surface area contributed by atoms with Crippen LogP contribution in [0.2, 0.25) is 0 Å². The van der Waals surface area contributed by atoms with Crippen LogP contribution in [-0.2, 0) is 17.8 Å². The number of aromatic nitrogens is 2. The molecule has 1 aromatic heterocycles. The number of carbonyl (C=O) groups is 2. The van der Waals surface area contributed by atoms with E-state index in [-0.39, 0.29) is 31.1 Å². The third-order valence-electron chi connectivity index (χ3n) is 5.25. The maximum atomic E-state index is 13.0. The molecule has 3 N–H and O–H groups in total. The zero-order chi connectivity index (χ0) is 23.2. The molecule has 0 saturated carbocycles. The molecule has 0 unspecified atom stereocenters. The maximum Gasteiger partial charge on any atom is 0.251 e. The Kier molecular flexibility index (Phi) is 6.70. The lowest BCUT2D eigenvalue weighted by molar-refractivity contribution is -0.129. The second-order valence-electron chi connectivity index (χ2n) is 7.54.